The Morgan fingerprint density at radius 1 is 1.04 bits per heavy atom. The Morgan fingerprint density at radius 2 is 1.78 bits per heavy atom. The molecule has 1 fully saturated rings. The number of hydrogen-bond donors (Lipinski definition) is 1. The summed E-state index contributed by atoms with van der Waals surface area (Å²) in [5.41, 5.74) is 1.94. The lowest BCUT2D eigenvalue weighted by molar-refractivity contribution is 0.208. The third-order valence-corrected chi connectivity index (χ3v) is 4.72. The molecule has 0 aromatic heterocycles. The van der Waals surface area contributed by atoms with Gasteiger partial charge in [0.2, 0.25) is 0 Å². The van der Waals surface area contributed by atoms with Gasteiger partial charge in [0.1, 0.15) is 0 Å². The molecule has 1 saturated heterocycles. The number of benzene rings is 2. The summed E-state index contributed by atoms with van der Waals surface area (Å²) in [6, 6.07) is 15.6. The van der Waals surface area contributed by atoms with Gasteiger partial charge in [-0.3, -0.25) is 0 Å². The fraction of sp³-hybridized carbons (Fsp3) is 0.235. The lowest BCUT2D eigenvalue weighted by atomic mass is 10.2. The molecule has 0 spiro atoms. The molecule has 1 heterocycles. The normalized spacial score (nSPS) is 14.7. The van der Waals surface area contributed by atoms with E-state index in [1.54, 1.807) is 0 Å². The molecular weight excluding hydrogens is 425 g/mol. The van der Waals surface area contributed by atoms with E-state index in [0.29, 0.717) is 13.1 Å². The van der Waals surface area contributed by atoms with E-state index < -0.39 is 0 Å². The Labute approximate surface area is 154 Å². The molecule has 0 atom stereocenters. The highest BCUT2D eigenvalue weighted by atomic mass is 127. The second kappa shape index (κ2) is 7.40. The molecule has 1 aliphatic rings. The topological polar surface area (TPSA) is 35.6 Å². The number of anilines is 2. The Kier molecular flexibility index (Phi) is 5.27. The summed E-state index contributed by atoms with van der Waals surface area (Å²) < 4.78 is 1.10. The number of amides is 2. The smallest absolute Gasteiger partial charge is 0.321 e. The van der Waals surface area contributed by atoms with E-state index in [-0.39, 0.29) is 6.03 Å². The molecule has 3 rings (SSSR count). The van der Waals surface area contributed by atoms with Gasteiger partial charge in [0.25, 0.3) is 0 Å². The van der Waals surface area contributed by atoms with Crippen molar-refractivity contribution in [2.75, 3.05) is 36.4 Å². The van der Waals surface area contributed by atoms with E-state index in [1.165, 1.54) is 0 Å². The van der Waals surface area contributed by atoms with Gasteiger partial charge in [-0.25, -0.2) is 4.79 Å². The molecule has 2 aromatic rings. The van der Waals surface area contributed by atoms with E-state index in [1.807, 2.05) is 53.4 Å². The van der Waals surface area contributed by atoms with Crippen molar-refractivity contribution in [2.24, 2.45) is 0 Å². The molecule has 120 valence electrons. The van der Waals surface area contributed by atoms with Crippen LogP contribution in [0.25, 0.3) is 0 Å². The molecule has 1 N–H and O–H groups in total. The van der Waals surface area contributed by atoms with Crippen molar-refractivity contribution >= 4 is 51.6 Å². The van der Waals surface area contributed by atoms with Gasteiger partial charge in [-0.05, 0) is 59.0 Å². The van der Waals surface area contributed by atoms with Crippen molar-refractivity contribution in [3.8, 4) is 0 Å². The number of piperazine rings is 1. The highest BCUT2D eigenvalue weighted by molar-refractivity contribution is 14.1. The number of rotatable bonds is 2. The van der Waals surface area contributed by atoms with Crippen LogP contribution in [0.2, 0.25) is 5.02 Å². The summed E-state index contributed by atoms with van der Waals surface area (Å²) in [4.78, 5) is 16.4. The number of halogens is 2. The second-order valence-corrected chi connectivity index (χ2v) is 7.08. The minimum Gasteiger partial charge on any atom is -0.368 e. The quantitative estimate of drug-likeness (QED) is 0.706. The zero-order valence-electron chi connectivity index (χ0n) is 12.5. The predicted molar refractivity (Wildman–Crippen MR) is 103 cm³/mol. The maximum absolute atomic E-state index is 12.3. The molecule has 6 heteroatoms. The highest BCUT2D eigenvalue weighted by Crippen LogP contribution is 2.21. The van der Waals surface area contributed by atoms with Crippen molar-refractivity contribution in [1.29, 1.82) is 0 Å². The average molecular weight is 442 g/mol. The van der Waals surface area contributed by atoms with Gasteiger partial charge in [-0.2, -0.15) is 0 Å². The zero-order chi connectivity index (χ0) is 16.2. The van der Waals surface area contributed by atoms with Crippen molar-refractivity contribution < 1.29 is 4.79 Å². The van der Waals surface area contributed by atoms with E-state index in [4.69, 9.17) is 11.6 Å². The summed E-state index contributed by atoms with van der Waals surface area (Å²) in [6.07, 6.45) is 0. The van der Waals surface area contributed by atoms with Crippen LogP contribution in [0.4, 0.5) is 16.2 Å². The van der Waals surface area contributed by atoms with E-state index >= 15 is 0 Å². The largest absolute Gasteiger partial charge is 0.368 e. The minimum atomic E-state index is -0.0438. The number of nitrogens with zero attached hydrogens (tertiary/aromatic N) is 2. The van der Waals surface area contributed by atoms with Crippen LogP contribution in [-0.4, -0.2) is 37.1 Å². The molecule has 0 radical (unpaired) electrons. The molecular formula is C17H17ClIN3O. The first-order valence-corrected chi connectivity index (χ1v) is 8.89. The van der Waals surface area contributed by atoms with Gasteiger partial charge in [0.05, 0.1) is 0 Å². The first-order valence-electron chi connectivity index (χ1n) is 7.44. The summed E-state index contributed by atoms with van der Waals surface area (Å²) >= 11 is 8.28. The fourth-order valence-corrected chi connectivity index (χ4v) is 3.34. The zero-order valence-corrected chi connectivity index (χ0v) is 15.4. The first kappa shape index (κ1) is 16.4. The fourth-order valence-electron chi connectivity index (χ4n) is 2.61. The molecule has 2 aromatic carbocycles. The Hall–Kier alpha value is -1.47. The van der Waals surface area contributed by atoms with Crippen molar-refractivity contribution in [1.82, 2.24) is 4.90 Å². The molecule has 4 nitrogen and oxygen atoms in total. The van der Waals surface area contributed by atoms with Gasteiger partial charge in [-0.1, -0.05) is 23.7 Å². The van der Waals surface area contributed by atoms with E-state index in [2.05, 4.69) is 32.8 Å². The number of nitrogens with one attached hydrogen (secondary N) is 1. The summed E-state index contributed by atoms with van der Waals surface area (Å²) in [6.45, 7) is 3.00. The predicted octanol–water partition coefficient (Wildman–Crippen LogP) is 4.30. The lowest BCUT2D eigenvalue weighted by Gasteiger charge is -2.36. The SMILES string of the molecule is O=C(Nc1cccc(I)c1)N1CCN(c2cccc(Cl)c2)CC1. The molecule has 0 bridgehead atoms. The Morgan fingerprint density at radius 3 is 2.48 bits per heavy atom. The molecule has 0 aliphatic carbocycles. The number of hydrogen-bond acceptors (Lipinski definition) is 2. The second-order valence-electron chi connectivity index (χ2n) is 5.39. The van der Waals surface area contributed by atoms with Crippen LogP contribution in [0.15, 0.2) is 48.5 Å². The van der Waals surface area contributed by atoms with E-state index in [9.17, 15) is 4.79 Å². The third-order valence-electron chi connectivity index (χ3n) is 3.82. The molecule has 0 saturated carbocycles. The van der Waals surface area contributed by atoms with Crippen LogP contribution in [0.1, 0.15) is 0 Å². The van der Waals surface area contributed by atoms with E-state index in [0.717, 1.165) is 33.1 Å². The summed E-state index contributed by atoms with van der Waals surface area (Å²) in [7, 11) is 0. The van der Waals surface area contributed by atoms with Gasteiger partial charge in [-0.15, -0.1) is 0 Å². The van der Waals surface area contributed by atoms with Gasteiger partial charge < -0.3 is 15.1 Å². The van der Waals surface area contributed by atoms with Crippen molar-refractivity contribution in [3.63, 3.8) is 0 Å². The van der Waals surface area contributed by atoms with Crippen LogP contribution >= 0.6 is 34.2 Å². The standard InChI is InChI=1S/C17H17ClIN3O/c18-13-3-1-6-16(11-13)21-7-9-22(10-8-21)17(23)20-15-5-2-4-14(19)12-15/h1-6,11-12H,7-10H2,(H,20,23). The molecule has 1 aliphatic heterocycles. The number of carbonyl (C=O) groups is 1. The average Bonchev–Trinajstić information content (AvgIpc) is 2.55. The first-order chi connectivity index (χ1) is 11.1. The van der Waals surface area contributed by atoms with Crippen molar-refractivity contribution in [3.05, 3.63) is 57.1 Å². The summed E-state index contributed by atoms with van der Waals surface area (Å²) in [5, 5.41) is 3.70. The van der Waals surface area contributed by atoms with Gasteiger partial charge in [0.15, 0.2) is 0 Å². The van der Waals surface area contributed by atoms with Gasteiger partial charge in [0, 0.05) is 46.1 Å². The van der Waals surface area contributed by atoms with Crippen LogP contribution in [-0.2, 0) is 0 Å². The van der Waals surface area contributed by atoms with Crippen LogP contribution in [0.3, 0.4) is 0 Å². The highest BCUT2D eigenvalue weighted by Gasteiger charge is 2.21. The lowest BCUT2D eigenvalue weighted by Crippen LogP contribution is -2.50. The Balaban J connectivity index is 1.57. The Bertz CT molecular complexity index is 702. The maximum atomic E-state index is 12.3. The maximum Gasteiger partial charge on any atom is 0.321 e. The number of urea groups is 1. The van der Waals surface area contributed by atoms with Gasteiger partial charge >= 0.3 is 6.03 Å². The van der Waals surface area contributed by atoms with Crippen molar-refractivity contribution in [2.45, 2.75) is 0 Å². The minimum absolute atomic E-state index is 0.0438. The summed E-state index contributed by atoms with van der Waals surface area (Å²) in [5.74, 6) is 0. The molecule has 2 amide bonds. The van der Waals surface area contributed by atoms with Crippen LogP contribution < -0.4 is 10.2 Å². The number of carbonyl (C=O) groups excluding carboxylic acids is 1. The third kappa shape index (κ3) is 4.29. The molecule has 23 heavy (non-hydrogen) atoms. The monoisotopic (exact) mass is 441 g/mol. The van der Waals surface area contributed by atoms with Crippen LogP contribution in [0, 0.1) is 3.57 Å². The van der Waals surface area contributed by atoms with Crippen LogP contribution in [0.5, 0.6) is 0 Å². The molecule has 0 unspecified atom stereocenters.